The van der Waals surface area contributed by atoms with Gasteiger partial charge in [-0.25, -0.2) is 9.36 Å². The van der Waals surface area contributed by atoms with E-state index in [9.17, 15) is 23.7 Å². The molecule has 4 unspecified atom stereocenters. The van der Waals surface area contributed by atoms with Crippen molar-refractivity contribution >= 4 is 19.7 Å². The molecule has 13 nitrogen and oxygen atoms in total. The summed E-state index contributed by atoms with van der Waals surface area (Å²) in [6.45, 7) is 3.26. The Hall–Kier alpha value is -3.25. The van der Waals surface area contributed by atoms with E-state index in [0.717, 1.165) is 0 Å². The Morgan fingerprint density at radius 1 is 1.21 bits per heavy atom. The molecule has 39 heavy (non-hydrogen) atoms. The van der Waals surface area contributed by atoms with E-state index >= 15 is 0 Å². The Kier molecular flexibility index (Phi) is 11.0. The van der Waals surface area contributed by atoms with Crippen LogP contribution in [-0.2, 0) is 28.2 Å². The maximum atomic E-state index is 13.7. The first kappa shape index (κ1) is 30.3. The minimum absolute atomic E-state index is 0.0507. The summed E-state index contributed by atoms with van der Waals surface area (Å²) in [6, 6.07) is 8.49. The molecule has 5 atom stereocenters. The van der Waals surface area contributed by atoms with Crippen molar-refractivity contribution in [2.75, 3.05) is 13.2 Å². The van der Waals surface area contributed by atoms with Crippen molar-refractivity contribution in [3.63, 3.8) is 0 Å². The van der Waals surface area contributed by atoms with Crippen LogP contribution in [0.15, 0.2) is 52.2 Å². The number of para-hydroxylation sites is 1. The average Bonchev–Trinajstić information content (AvgIpc) is 3.25. The number of carbonyl (C=O) groups is 2. The van der Waals surface area contributed by atoms with Crippen LogP contribution in [0, 0.1) is 5.92 Å². The normalized spacial score (nSPS) is 21.1. The molecule has 1 fully saturated rings. The number of esters is 1. The van der Waals surface area contributed by atoms with Crippen molar-refractivity contribution in [3.8, 4) is 5.75 Å². The van der Waals surface area contributed by atoms with Crippen molar-refractivity contribution in [2.24, 2.45) is 5.92 Å². The lowest BCUT2D eigenvalue weighted by Crippen LogP contribution is -2.36. The smallest absolute Gasteiger partial charge is 0.459 e. The summed E-state index contributed by atoms with van der Waals surface area (Å²) in [5.74, 6) is -1.41. The number of aromatic nitrogens is 2. The maximum Gasteiger partial charge on any atom is 0.459 e. The van der Waals surface area contributed by atoms with E-state index in [4.69, 9.17) is 23.6 Å². The molecule has 0 aliphatic carbocycles. The average molecular weight is 568 g/mol. The molecular weight excluding hydrogens is 533 g/mol. The summed E-state index contributed by atoms with van der Waals surface area (Å²) in [5.41, 5.74) is -1.12. The number of nitrogens with one attached hydrogen (secondary N) is 2. The van der Waals surface area contributed by atoms with Crippen molar-refractivity contribution in [3.05, 3.63) is 63.4 Å². The van der Waals surface area contributed by atoms with E-state index in [1.54, 1.807) is 30.3 Å². The van der Waals surface area contributed by atoms with E-state index in [1.807, 2.05) is 6.92 Å². The van der Waals surface area contributed by atoms with Gasteiger partial charge in [0, 0.05) is 24.6 Å². The van der Waals surface area contributed by atoms with Crippen LogP contribution >= 0.6 is 7.75 Å². The van der Waals surface area contributed by atoms with E-state index in [-0.39, 0.29) is 31.3 Å². The summed E-state index contributed by atoms with van der Waals surface area (Å²) in [4.78, 5) is 48.8. The van der Waals surface area contributed by atoms with Crippen molar-refractivity contribution in [1.29, 1.82) is 0 Å². The predicted molar refractivity (Wildman–Crippen MR) is 139 cm³/mol. The SMILES string of the molecule is CC1CC(COP(=O)(N[C@@H](C)C(=O)OCCCCCC(=O)O)Oc2ccccc2)OC1n1ccc(=O)[nH]c1=O. The van der Waals surface area contributed by atoms with Gasteiger partial charge >= 0.3 is 25.4 Å². The molecule has 2 aromatic rings. The van der Waals surface area contributed by atoms with Crippen molar-refractivity contribution in [1.82, 2.24) is 14.6 Å². The summed E-state index contributed by atoms with van der Waals surface area (Å²) in [5, 5.41) is 11.3. The largest absolute Gasteiger partial charge is 0.481 e. The highest BCUT2D eigenvalue weighted by Crippen LogP contribution is 2.46. The predicted octanol–water partition coefficient (Wildman–Crippen LogP) is 2.83. The number of unbranched alkanes of at least 4 members (excludes halogenated alkanes) is 2. The summed E-state index contributed by atoms with van der Waals surface area (Å²) in [7, 11) is -4.10. The molecule has 3 rings (SSSR count). The number of carboxylic acids is 1. The number of ether oxygens (including phenoxy) is 2. The summed E-state index contributed by atoms with van der Waals surface area (Å²) in [6.07, 6.45) is 2.24. The number of H-pyrrole nitrogens is 1. The molecule has 2 heterocycles. The zero-order valence-electron chi connectivity index (χ0n) is 21.8. The number of carboxylic acid groups (broad SMARTS) is 1. The molecule has 14 heteroatoms. The number of nitrogens with zero attached hydrogens (tertiary/aromatic N) is 1. The highest BCUT2D eigenvalue weighted by molar-refractivity contribution is 7.52. The zero-order valence-corrected chi connectivity index (χ0v) is 22.7. The fourth-order valence-corrected chi connectivity index (χ4v) is 5.55. The van der Waals surface area contributed by atoms with Gasteiger partial charge in [0.05, 0.1) is 19.3 Å². The van der Waals surface area contributed by atoms with Crippen LogP contribution in [0.25, 0.3) is 0 Å². The Bertz CT molecular complexity index is 1260. The molecule has 0 saturated carbocycles. The highest BCUT2D eigenvalue weighted by atomic mass is 31.2. The fourth-order valence-electron chi connectivity index (χ4n) is 4.03. The van der Waals surface area contributed by atoms with Gasteiger partial charge in [0.2, 0.25) is 0 Å². The molecule has 0 bridgehead atoms. The molecule has 1 saturated heterocycles. The molecular formula is C25H34N3O10P. The molecule has 0 radical (unpaired) electrons. The van der Waals surface area contributed by atoms with Crippen LogP contribution in [0.5, 0.6) is 5.75 Å². The second kappa shape index (κ2) is 14.2. The lowest BCUT2D eigenvalue weighted by molar-refractivity contribution is -0.145. The van der Waals surface area contributed by atoms with Gasteiger partial charge in [-0.3, -0.25) is 28.5 Å². The lowest BCUT2D eigenvalue weighted by Gasteiger charge is -2.24. The van der Waals surface area contributed by atoms with Gasteiger partial charge in [0.15, 0.2) is 0 Å². The standard InChI is InChI=1S/C25H34N3O10P/c1-17-15-20(37-23(17)28-13-12-21(29)26-25(28)33)16-36-39(34,38-19-9-5-3-6-10-19)27-18(2)24(32)35-14-8-4-7-11-22(30)31/h3,5-6,9-10,12-13,17-18,20,23H,4,7-8,11,14-16H2,1-2H3,(H,27,34)(H,30,31)(H,26,29,33)/t17?,18-,20?,23?,39?/m0/s1. The number of rotatable bonds is 15. The van der Waals surface area contributed by atoms with Gasteiger partial charge in [0.25, 0.3) is 5.56 Å². The third kappa shape index (κ3) is 9.47. The Balaban J connectivity index is 1.60. The minimum Gasteiger partial charge on any atom is -0.481 e. The number of benzene rings is 1. The lowest BCUT2D eigenvalue weighted by atomic mass is 10.1. The second-order valence-electron chi connectivity index (χ2n) is 9.30. The summed E-state index contributed by atoms with van der Waals surface area (Å²) < 4.78 is 37.5. The molecule has 1 aromatic carbocycles. The zero-order chi connectivity index (χ0) is 28.4. The van der Waals surface area contributed by atoms with Gasteiger partial charge in [-0.05, 0) is 44.7 Å². The number of aromatic amines is 1. The van der Waals surface area contributed by atoms with Crippen LogP contribution in [0.1, 0.15) is 52.2 Å². The molecule has 3 N–H and O–H groups in total. The minimum atomic E-state index is -4.10. The van der Waals surface area contributed by atoms with Crippen LogP contribution in [0.3, 0.4) is 0 Å². The number of hydrogen-bond donors (Lipinski definition) is 3. The first-order valence-corrected chi connectivity index (χ1v) is 14.2. The molecule has 1 aliphatic heterocycles. The van der Waals surface area contributed by atoms with E-state index < -0.39 is 49.3 Å². The van der Waals surface area contributed by atoms with Gasteiger partial charge < -0.3 is 19.1 Å². The van der Waals surface area contributed by atoms with Crippen LogP contribution in [-0.4, -0.2) is 52.0 Å². The van der Waals surface area contributed by atoms with Gasteiger partial charge in [-0.15, -0.1) is 0 Å². The topological polar surface area (TPSA) is 175 Å². The third-order valence-corrected chi connectivity index (χ3v) is 7.61. The van der Waals surface area contributed by atoms with Crippen molar-refractivity contribution in [2.45, 2.75) is 64.3 Å². The molecule has 0 spiro atoms. The highest BCUT2D eigenvalue weighted by Gasteiger charge is 2.38. The number of aliphatic carboxylic acids is 1. The van der Waals surface area contributed by atoms with Gasteiger partial charge in [0.1, 0.15) is 18.0 Å². The maximum absolute atomic E-state index is 13.7. The summed E-state index contributed by atoms with van der Waals surface area (Å²) >= 11 is 0. The Labute approximate surface area is 225 Å². The molecule has 1 aliphatic rings. The van der Waals surface area contributed by atoms with Crippen LogP contribution < -0.4 is 20.9 Å². The van der Waals surface area contributed by atoms with E-state index in [2.05, 4.69) is 10.1 Å². The van der Waals surface area contributed by atoms with Gasteiger partial charge in [-0.1, -0.05) is 25.1 Å². The van der Waals surface area contributed by atoms with Crippen molar-refractivity contribution < 1.29 is 37.8 Å². The third-order valence-electron chi connectivity index (χ3n) is 5.96. The molecule has 214 valence electrons. The quantitative estimate of drug-likeness (QED) is 0.164. The second-order valence-corrected chi connectivity index (χ2v) is 11.0. The van der Waals surface area contributed by atoms with Crippen LogP contribution in [0.4, 0.5) is 0 Å². The van der Waals surface area contributed by atoms with Gasteiger partial charge in [-0.2, -0.15) is 5.09 Å². The number of carbonyl (C=O) groups excluding carboxylic acids is 1. The Morgan fingerprint density at radius 3 is 2.64 bits per heavy atom. The monoisotopic (exact) mass is 567 g/mol. The first-order chi connectivity index (χ1) is 18.6. The van der Waals surface area contributed by atoms with Crippen LogP contribution in [0.2, 0.25) is 0 Å². The van der Waals surface area contributed by atoms with E-state index in [0.29, 0.717) is 25.7 Å². The molecule has 1 aromatic heterocycles. The number of hydrogen-bond acceptors (Lipinski definition) is 9. The first-order valence-electron chi connectivity index (χ1n) is 12.7. The molecule has 0 amide bonds. The van der Waals surface area contributed by atoms with E-state index in [1.165, 1.54) is 23.8 Å². The Morgan fingerprint density at radius 2 is 1.95 bits per heavy atom. The fraction of sp³-hybridized carbons (Fsp3) is 0.520.